The number of ether oxygens (including phenoxy) is 2. The van der Waals surface area contributed by atoms with Crippen molar-refractivity contribution in [1.29, 1.82) is 0 Å². The van der Waals surface area contributed by atoms with Crippen LogP contribution in [-0.2, 0) is 19.1 Å². The predicted octanol–water partition coefficient (Wildman–Crippen LogP) is 0.797. The van der Waals surface area contributed by atoms with Gasteiger partial charge < -0.3 is 39.5 Å². The first-order chi connectivity index (χ1) is 18.7. The molecule has 0 radical (unpaired) electrons. The topological polar surface area (TPSA) is 183 Å². The minimum Gasteiger partial charge on any atom is -0.481 e. The number of aliphatic hydroxyl groups is 1. The van der Waals surface area contributed by atoms with E-state index in [9.17, 15) is 24.6 Å². The van der Waals surface area contributed by atoms with Crippen LogP contribution in [0.3, 0.4) is 0 Å². The Bertz CT molecular complexity index is 985. The van der Waals surface area contributed by atoms with Crippen molar-refractivity contribution in [2.45, 2.75) is 72.3 Å². The van der Waals surface area contributed by atoms with Crippen molar-refractivity contribution in [3.05, 3.63) is 12.4 Å². The quantitative estimate of drug-likeness (QED) is 0.269. The molecule has 14 heteroatoms. The summed E-state index contributed by atoms with van der Waals surface area (Å²) in [5.41, 5.74) is -1.81. The number of carbonyl (C=O) groups excluding carboxylic acids is 2. The Balaban J connectivity index is 0.000000286. The monoisotopic (exact) mass is 566 g/mol. The van der Waals surface area contributed by atoms with Crippen LogP contribution in [0.2, 0.25) is 0 Å². The van der Waals surface area contributed by atoms with Gasteiger partial charge in [-0.1, -0.05) is 6.92 Å². The molecule has 2 saturated heterocycles. The number of hydrogen-bond donors (Lipinski definition) is 4. The summed E-state index contributed by atoms with van der Waals surface area (Å²) in [7, 11) is -1.60. The Labute approximate surface area is 235 Å². The van der Waals surface area contributed by atoms with E-state index in [-0.39, 0.29) is 24.1 Å². The van der Waals surface area contributed by atoms with Gasteiger partial charge in [-0.15, -0.1) is 0 Å². The van der Waals surface area contributed by atoms with Crippen LogP contribution in [0.5, 0.6) is 0 Å². The molecule has 2 aliphatic rings. The van der Waals surface area contributed by atoms with E-state index in [1.165, 1.54) is 12.4 Å². The SMILES string of the molecule is CCC1(C(=O)O)CCN(C(=O)OC(C)(C)C)CC1.CCOC(=O)C1(CO)CCN(c2ncc(B(O)O)cn2)CC1. The van der Waals surface area contributed by atoms with Gasteiger partial charge in [-0.2, -0.15) is 0 Å². The van der Waals surface area contributed by atoms with Gasteiger partial charge in [-0.3, -0.25) is 9.59 Å². The fourth-order valence-electron chi connectivity index (χ4n) is 4.64. The van der Waals surface area contributed by atoms with Crippen molar-refractivity contribution in [2.24, 2.45) is 10.8 Å². The third kappa shape index (κ3) is 8.52. The van der Waals surface area contributed by atoms with Crippen LogP contribution < -0.4 is 10.4 Å². The standard InChI is InChI=1S/C13H20BN3O5.C13H23NO4/c1-2-22-11(19)13(9-18)3-5-17(6-4-13)12-15-7-10(8-16-12)14(20)21;1-5-13(10(15)16)6-8-14(9-7-13)11(17)18-12(2,3)4/h7-8,18,20-21H,2-6,9H2,1H3;5-9H2,1-4H3,(H,15,16). The Hall–Kier alpha value is -2.97. The highest BCUT2D eigenvalue weighted by Crippen LogP contribution is 2.36. The highest BCUT2D eigenvalue weighted by Gasteiger charge is 2.43. The minimum absolute atomic E-state index is 0.219. The molecule has 1 aromatic rings. The third-order valence-corrected chi connectivity index (χ3v) is 7.47. The molecule has 2 aliphatic heterocycles. The van der Waals surface area contributed by atoms with E-state index in [0.29, 0.717) is 70.8 Å². The van der Waals surface area contributed by atoms with Gasteiger partial charge in [0, 0.05) is 44.0 Å². The van der Waals surface area contributed by atoms with Gasteiger partial charge in [0.15, 0.2) is 0 Å². The van der Waals surface area contributed by atoms with E-state index in [0.717, 1.165) is 0 Å². The number of carbonyl (C=O) groups is 3. The molecule has 0 unspecified atom stereocenters. The fourth-order valence-corrected chi connectivity index (χ4v) is 4.64. The van der Waals surface area contributed by atoms with Crippen molar-refractivity contribution >= 4 is 36.6 Å². The lowest BCUT2D eigenvalue weighted by molar-refractivity contribution is -0.159. The van der Waals surface area contributed by atoms with Gasteiger partial charge in [0.1, 0.15) is 5.60 Å². The number of nitrogens with zero attached hydrogens (tertiary/aromatic N) is 4. The van der Waals surface area contributed by atoms with Crippen LogP contribution in [0.25, 0.3) is 0 Å². The summed E-state index contributed by atoms with van der Waals surface area (Å²) < 4.78 is 10.3. The zero-order valence-electron chi connectivity index (χ0n) is 24.1. The van der Waals surface area contributed by atoms with Gasteiger partial charge >= 0.3 is 25.2 Å². The highest BCUT2D eigenvalue weighted by molar-refractivity contribution is 6.58. The summed E-state index contributed by atoms with van der Waals surface area (Å²) in [6.07, 6.45) is 4.86. The number of esters is 1. The number of anilines is 1. The first-order valence-electron chi connectivity index (χ1n) is 13.6. The maximum Gasteiger partial charge on any atom is 0.491 e. The molecule has 2 fully saturated rings. The van der Waals surface area contributed by atoms with Crippen LogP contribution in [0, 0.1) is 10.8 Å². The number of likely N-dealkylation sites (tertiary alicyclic amines) is 1. The number of amides is 1. The summed E-state index contributed by atoms with van der Waals surface area (Å²) in [4.78, 5) is 46.8. The molecule has 40 heavy (non-hydrogen) atoms. The number of aliphatic carboxylic acids is 1. The van der Waals surface area contributed by atoms with Crippen molar-refractivity contribution in [2.75, 3.05) is 44.3 Å². The summed E-state index contributed by atoms with van der Waals surface area (Å²) >= 11 is 0. The molecule has 3 rings (SSSR count). The summed E-state index contributed by atoms with van der Waals surface area (Å²) in [6, 6.07) is 0. The molecule has 0 saturated carbocycles. The first kappa shape index (κ1) is 33.2. The zero-order chi connectivity index (χ0) is 30.1. The lowest BCUT2D eigenvalue weighted by atomic mass is 9.76. The van der Waals surface area contributed by atoms with Crippen LogP contribution >= 0.6 is 0 Å². The average molecular weight is 566 g/mol. The molecule has 0 atom stereocenters. The maximum atomic E-state index is 12.0. The molecule has 4 N–H and O–H groups in total. The molecular weight excluding hydrogens is 523 g/mol. The number of hydrogen-bond acceptors (Lipinski definition) is 11. The zero-order valence-corrected chi connectivity index (χ0v) is 24.1. The van der Waals surface area contributed by atoms with Crippen LogP contribution in [-0.4, -0.2) is 105 Å². The van der Waals surface area contributed by atoms with Gasteiger partial charge in [-0.25, -0.2) is 14.8 Å². The van der Waals surface area contributed by atoms with Gasteiger partial charge in [-0.05, 0) is 59.8 Å². The smallest absolute Gasteiger partial charge is 0.481 e. The second-order valence-corrected chi connectivity index (χ2v) is 11.2. The summed E-state index contributed by atoms with van der Waals surface area (Å²) in [5.74, 6) is -0.662. The van der Waals surface area contributed by atoms with Crippen molar-refractivity contribution < 1.29 is 44.1 Å². The molecule has 1 amide bonds. The van der Waals surface area contributed by atoms with Crippen LogP contribution in [0.15, 0.2) is 12.4 Å². The molecule has 13 nitrogen and oxygen atoms in total. The molecular formula is C26H43BN4O9. The number of carboxylic acid groups (broad SMARTS) is 1. The first-order valence-corrected chi connectivity index (χ1v) is 13.6. The predicted molar refractivity (Wildman–Crippen MR) is 147 cm³/mol. The van der Waals surface area contributed by atoms with Crippen molar-refractivity contribution in [3.63, 3.8) is 0 Å². The summed E-state index contributed by atoms with van der Waals surface area (Å²) in [6.45, 7) is 11.1. The lowest BCUT2D eigenvalue weighted by Crippen LogP contribution is -2.48. The maximum absolute atomic E-state index is 12.0. The second kappa shape index (κ2) is 14.1. The molecule has 0 spiro atoms. The Morgan fingerprint density at radius 3 is 1.90 bits per heavy atom. The van der Waals surface area contributed by atoms with E-state index in [2.05, 4.69) is 9.97 Å². The van der Waals surface area contributed by atoms with Gasteiger partial charge in [0.2, 0.25) is 5.95 Å². The molecule has 0 bridgehead atoms. The van der Waals surface area contributed by atoms with Gasteiger partial charge in [0.05, 0.1) is 24.0 Å². The number of piperidine rings is 2. The van der Waals surface area contributed by atoms with E-state index in [1.54, 1.807) is 11.8 Å². The second-order valence-electron chi connectivity index (χ2n) is 11.2. The Morgan fingerprint density at radius 1 is 0.975 bits per heavy atom. The lowest BCUT2D eigenvalue weighted by Gasteiger charge is -2.38. The number of aliphatic hydroxyl groups excluding tert-OH is 1. The number of aromatic nitrogens is 2. The molecule has 224 valence electrons. The third-order valence-electron chi connectivity index (χ3n) is 7.47. The minimum atomic E-state index is -1.60. The van der Waals surface area contributed by atoms with Crippen molar-refractivity contribution in [3.8, 4) is 0 Å². The number of rotatable bonds is 7. The molecule has 0 aliphatic carbocycles. The Morgan fingerprint density at radius 2 is 1.50 bits per heavy atom. The summed E-state index contributed by atoms with van der Waals surface area (Å²) in [5, 5.41) is 36.9. The van der Waals surface area contributed by atoms with E-state index in [4.69, 9.17) is 19.5 Å². The van der Waals surface area contributed by atoms with Crippen LogP contribution in [0.4, 0.5) is 10.7 Å². The van der Waals surface area contributed by atoms with E-state index >= 15 is 0 Å². The van der Waals surface area contributed by atoms with Crippen LogP contribution in [0.1, 0.15) is 66.7 Å². The average Bonchev–Trinajstić information content (AvgIpc) is 2.92. The largest absolute Gasteiger partial charge is 0.491 e. The number of carboxylic acids is 1. The normalized spacial score (nSPS) is 18.2. The van der Waals surface area contributed by atoms with E-state index in [1.807, 2.05) is 32.6 Å². The Kier molecular flexibility index (Phi) is 11.7. The van der Waals surface area contributed by atoms with E-state index < -0.39 is 29.5 Å². The fraction of sp³-hybridized carbons (Fsp3) is 0.731. The molecule has 3 heterocycles. The molecule has 0 aromatic carbocycles. The highest BCUT2D eigenvalue weighted by atomic mass is 16.6. The van der Waals surface area contributed by atoms with Gasteiger partial charge in [0.25, 0.3) is 0 Å². The molecule has 1 aromatic heterocycles. The van der Waals surface area contributed by atoms with Crippen molar-refractivity contribution in [1.82, 2.24) is 14.9 Å².